The molecule has 1 amide bonds. The lowest BCUT2D eigenvalue weighted by molar-refractivity contribution is 0.102. The molecule has 7 nitrogen and oxygen atoms in total. The van der Waals surface area contributed by atoms with E-state index in [9.17, 15) is 13.2 Å². The van der Waals surface area contributed by atoms with Crippen LogP contribution >= 0.6 is 11.8 Å². The Hall–Kier alpha value is -2.62. The molecule has 0 aliphatic rings. The Morgan fingerprint density at radius 3 is 2.33 bits per heavy atom. The van der Waals surface area contributed by atoms with Crippen molar-refractivity contribution in [3.63, 3.8) is 0 Å². The van der Waals surface area contributed by atoms with Gasteiger partial charge in [-0.25, -0.2) is 18.1 Å². The fraction of sp³-hybridized carbons (Fsp3) is 0.238. The van der Waals surface area contributed by atoms with Crippen molar-refractivity contribution in [3.05, 3.63) is 66.5 Å². The van der Waals surface area contributed by atoms with Crippen molar-refractivity contribution < 1.29 is 13.2 Å². The Labute approximate surface area is 181 Å². The summed E-state index contributed by atoms with van der Waals surface area (Å²) in [5.74, 6) is -0.324. The van der Waals surface area contributed by atoms with Crippen LogP contribution in [0.15, 0.2) is 75.9 Å². The summed E-state index contributed by atoms with van der Waals surface area (Å²) in [6.07, 6.45) is 3.57. The first-order valence-corrected chi connectivity index (χ1v) is 11.5. The van der Waals surface area contributed by atoms with E-state index in [1.807, 2.05) is 42.1 Å². The second kappa shape index (κ2) is 8.63. The first-order chi connectivity index (χ1) is 14.0. The van der Waals surface area contributed by atoms with Gasteiger partial charge >= 0.3 is 0 Å². The van der Waals surface area contributed by atoms with Gasteiger partial charge in [0.05, 0.1) is 10.6 Å². The number of hydrogen-bond acceptors (Lipinski definition) is 5. The number of aromatic nitrogens is 2. The molecule has 30 heavy (non-hydrogen) atoms. The third-order valence-corrected chi connectivity index (χ3v) is 6.91. The van der Waals surface area contributed by atoms with E-state index >= 15 is 0 Å². The number of hydrogen-bond donors (Lipinski definition) is 2. The van der Waals surface area contributed by atoms with E-state index in [2.05, 4.69) is 15.0 Å². The van der Waals surface area contributed by atoms with Gasteiger partial charge in [0.2, 0.25) is 10.0 Å². The summed E-state index contributed by atoms with van der Waals surface area (Å²) < 4.78 is 29.3. The third kappa shape index (κ3) is 5.50. The largest absolute Gasteiger partial charge is 0.329 e. The van der Waals surface area contributed by atoms with Gasteiger partial charge in [0.15, 0.2) is 5.16 Å². The van der Waals surface area contributed by atoms with E-state index < -0.39 is 15.6 Å². The predicted molar refractivity (Wildman–Crippen MR) is 118 cm³/mol. The molecule has 3 rings (SSSR count). The van der Waals surface area contributed by atoms with Crippen molar-refractivity contribution in [2.45, 2.75) is 41.3 Å². The number of nitrogens with zero attached hydrogens (tertiary/aromatic N) is 2. The highest BCUT2D eigenvalue weighted by atomic mass is 32.2. The smallest absolute Gasteiger partial charge is 0.255 e. The second-order valence-electron chi connectivity index (χ2n) is 7.75. The standard InChI is InChI=1S/C21H24N4O3S2/c1-21(2,3)24-30(27,28)16-11-9-15(10-12-16)19(26)23-17-7-5-6-8-18(17)29-20-22-13-14-25(20)4/h5-14,24H,1-4H3,(H,23,26). The fourth-order valence-electron chi connectivity index (χ4n) is 2.65. The minimum absolute atomic E-state index is 0.111. The third-order valence-electron chi connectivity index (χ3n) is 3.98. The molecule has 0 aliphatic heterocycles. The van der Waals surface area contributed by atoms with Crippen LogP contribution in [0, 0.1) is 0 Å². The van der Waals surface area contributed by atoms with E-state index in [1.165, 1.54) is 36.0 Å². The van der Waals surface area contributed by atoms with Crippen LogP contribution in [0.3, 0.4) is 0 Å². The molecule has 0 fully saturated rings. The summed E-state index contributed by atoms with van der Waals surface area (Å²) >= 11 is 1.45. The number of para-hydroxylation sites is 1. The molecule has 1 heterocycles. The molecule has 158 valence electrons. The Bertz CT molecular complexity index is 1150. The highest BCUT2D eigenvalue weighted by Gasteiger charge is 2.22. The Balaban J connectivity index is 1.77. The summed E-state index contributed by atoms with van der Waals surface area (Å²) in [6.45, 7) is 5.31. The molecular weight excluding hydrogens is 420 g/mol. The summed E-state index contributed by atoms with van der Waals surface area (Å²) in [7, 11) is -1.75. The average Bonchev–Trinajstić information content (AvgIpc) is 3.06. The van der Waals surface area contributed by atoms with Crippen molar-refractivity contribution >= 4 is 33.4 Å². The lowest BCUT2D eigenvalue weighted by Gasteiger charge is -2.20. The topological polar surface area (TPSA) is 93.1 Å². The molecule has 0 atom stereocenters. The molecule has 0 radical (unpaired) electrons. The number of carbonyl (C=O) groups is 1. The lowest BCUT2D eigenvalue weighted by atomic mass is 10.1. The maximum Gasteiger partial charge on any atom is 0.255 e. The lowest BCUT2D eigenvalue weighted by Crippen LogP contribution is -2.40. The minimum Gasteiger partial charge on any atom is -0.329 e. The highest BCUT2D eigenvalue weighted by Crippen LogP contribution is 2.32. The Kier molecular flexibility index (Phi) is 6.35. The molecule has 2 N–H and O–H groups in total. The number of imidazole rings is 1. The normalized spacial score (nSPS) is 12.0. The number of aryl methyl sites for hydroxylation is 1. The van der Waals surface area contributed by atoms with Crippen LogP contribution in [0.25, 0.3) is 0 Å². The van der Waals surface area contributed by atoms with Crippen LogP contribution in [-0.4, -0.2) is 29.4 Å². The van der Waals surface area contributed by atoms with E-state index in [1.54, 1.807) is 27.0 Å². The quantitative estimate of drug-likeness (QED) is 0.601. The van der Waals surface area contributed by atoms with Crippen molar-refractivity contribution in [3.8, 4) is 0 Å². The molecule has 9 heteroatoms. The van der Waals surface area contributed by atoms with Crippen LogP contribution in [-0.2, 0) is 17.1 Å². The molecule has 0 bridgehead atoms. The molecule has 0 saturated carbocycles. The van der Waals surface area contributed by atoms with Gasteiger partial charge in [-0.2, -0.15) is 0 Å². The molecule has 0 unspecified atom stereocenters. The summed E-state index contributed by atoms with van der Waals surface area (Å²) in [4.78, 5) is 18.0. The van der Waals surface area contributed by atoms with Crippen molar-refractivity contribution in [2.24, 2.45) is 7.05 Å². The number of amides is 1. The average molecular weight is 445 g/mol. The Morgan fingerprint density at radius 2 is 1.73 bits per heavy atom. The van der Waals surface area contributed by atoms with Crippen LogP contribution in [0.1, 0.15) is 31.1 Å². The molecule has 1 aromatic heterocycles. The van der Waals surface area contributed by atoms with Gasteiger partial charge in [0.1, 0.15) is 0 Å². The molecule has 0 spiro atoms. The van der Waals surface area contributed by atoms with E-state index in [0.717, 1.165) is 10.1 Å². The zero-order valence-corrected chi connectivity index (χ0v) is 18.8. The summed E-state index contributed by atoms with van der Waals surface area (Å²) in [6, 6.07) is 13.3. The van der Waals surface area contributed by atoms with Crippen LogP contribution in [0.2, 0.25) is 0 Å². The molecule has 0 aliphatic carbocycles. The van der Waals surface area contributed by atoms with E-state index in [-0.39, 0.29) is 10.8 Å². The zero-order valence-electron chi connectivity index (χ0n) is 17.2. The number of anilines is 1. The van der Waals surface area contributed by atoms with Gasteiger partial charge < -0.3 is 9.88 Å². The maximum atomic E-state index is 12.7. The SMILES string of the molecule is Cn1ccnc1Sc1ccccc1NC(=O)c1ccc(S(=O)(=O)NC(C)(C)C)cc1. The molecule has 0 saturated heterocycles. The number of nitrogens with one attached hydrogen (secondary N) is 2. The molecular formula is C21H24N4O3S2. The molecule has 3 aromatic rings. The van der Waals surface area contributed by atoms with E-state index in [4.69, 9.17) is 0 Å². The monoisotopic (exact) mass is 444 g/mol. The number of carbonyl (C=O) groups excluding carboxylic acids is 1. The number of rotatable bonds is 6. The zero-order chi connectivity index (χ0) is 21.9. The van der Waals surface area contributed by atoms with Crippen LogP contribution in [0.5, 0.6) is 0 Å². The van der Waals surface area contributed by atoms with E-state index in [0.29, 0.717) is 11.3 Å². The Morgan fingerprint density at radius 1 is 1.07 bits per heavy atom. The highest BCUT2D eigenvalue weighted by molar-refractivity contribution is 7.99. The van der Waals surface area contributed by atoms with Crippen LogP contribution in [0.4, 0.5) is 5.69 Å². The van der Waals surface area contributed by atoms with Gasteiger partial charge in [-0.1, -0.05) is 12.1 Å². The maximum absolute atomic E-state index is 12.7. The molecule has 2 aromatic carbocycles. The summed E-state index contributed by atoms with van der Waals surface area (Å²) in [5, 5.41) is 3.70. The first kappa shape index (κ1) is 22.1. The van der Waals surface area contributed by atoms with Crippen molar-refractivity contribution in [2.75, 3.05) is 5.32 Å². The van der Waals surface area contributed by atoms with Gasteiger partial charge in [0, 0.05) is 35.4 Å². The number of benzene rings is 2. The fourth-order valence-corrected chi connectivity index (χ4v) is 4.96. The first-order valence-electron chi connectivity index (χ1n) is 9.25. The minimum atomic E-state index is -3.65. The van der Waals surface area contributed by atoms with Crippen LogP contribution < -0.4 is 10.0 Å². The van der Waals surface area contributed by atoms with Crippen molar-refractivity contribution in [1.82, 2.24) is 14.3 Å². The second-order valence-corrected chi connectivity index (χ2v) is 10.4. The van der Waals surface area contributed by atoms with Gasteiger partial charge in [0.25, 0.3) is 5.91 Å². The van der Waals surface area contributed by atoms with Gasteiger partial charge in [-0.05, 0) is 68.9 Å². The van der Waals surface area contributed by atoms with Gasteiger partial charge in [-0.15, -0.1) is 0 Å². The van der Waals surface area contributed by atoms with Gasteiger partial charge in [-0.3, -0.25) is 4.79 Å². The summed E-state index contributed by atoms with van der Waals surface area (Å²) in [5.41, 5.74) is 0.423. The predicted octanol–water partition coefficient (Wildman–Crippen LogP) is 3.90. The van der Waals surface area contributed by atoms with Crippen molar-refractivity contribution in [1.29, 1.82) is 0 Å². The number of sulfonamides is 1.